The van der Waals surface area contributed by atoms with Crippen LogP contribution in [0, 0.1) is 5.41 Å². The van der Waals surface area contributed by atoms with Crippen LogP contribution in [-0.4, -0.2) is 23.1 Å². The molecule has 0 rings (SSSR count). The number of hydrogen-bond acceptors (Lipinski definition) is 1. The van der Waals surface area contributed by atoms with Crippen LogP contribution in [0.4, 0.5) is 26.3 Å². The van der Waals surface area contributed by atoms with E-state index in [9.17, 15) is 26.3 Å². The van der Waals surface area contributed by atoms with Crippen molar-refractivity contribution in [3.8, 4) is 0 Å². The second-order valence-corrected chi connectivity index (χ2v) is 4.25. The summed E-state index contributed by atoms with van der Waals surface area (Å²) in [6, 6.07) is 0. The molecule has 1 N–H and O–H groups in total. The van der Waals surface area contributed by atoms with Crippen molar-refractivity contribution in [3.05, 3.63) is 0 Å². The van der Waals surface area contributed by atoms with Gasteiger partial charge in [-0.25, -0.2) is 0 Å². The lowest BCUT2D eigenvalue weighted by Crippen LogP contribution is -2.55. The van der Waals surface area contributed by atoms with E-state index in [4.69, 9.17) is 5.11 Å². The third-order valence-corrected chi connectivity index (χ3v) is 2.51. The van der Waals surface area contributed by atoms with Crippen LogP contribution in [0.25, 0.3) is 0 Å². The molecule has 7 heteroatoms. The van der Waals surface area contributed by atoms with Crippen molar-refractivity contribution < 1.29 is 31.4 Å². The van der Waals surface area contributed by atoms with Gasteiger partial charge >= 0.3 is 12.4 Å². The molecule has 0 amide bonds. The van der Waals surface area contributed by atoms with Gasteiger partial charge in [0, 0.05) is 5.41 Å². The summed E-state index contributed by atoms with van der Waals surface area (Å²) in [5, 5.41) is 9.12. The molecule has 0 aromatic rings. The van der Waals surface area contributed by atoms with Gasteiger partial charge in [0.1, 0.15) is 0 Å². The molecular formula is C8H12F6O. The molecule has 0 heterocycles. The van der Waals surface area contributed by atoms with E-state index in [1.807, 2.05) is 0 Å². The van der Waals surface area contributed by atoms with Crippen LogP contribution >= 0.6 is 0 Å². The van der Waals surface area contributed by atoms with Crippen LogP contribution in [0.3, 0.4) is 0 Å². The zero-order valence-electron chi connectivity index (χ0n) is 8.42. The van der Waals surface area contributed by atoms with E-state index in [1.165, 1.54) is 0 Å². The zero-order valence-corrected chi connectivity index (χ0v) is 8.42. The summed E-state index contributed by atoms with van der Waals surface area (Å²) in [6.45, 7) is 1.81. The number of halogens is 6. The van der Waals surface area contributed by atoms with Gasteiger partial charge in [0.25, 0.3) is 0 Å². The highest BCUT2D eigenvalue weighted by Gasteiger charge is 2.61. The second-order valence-electron chi connectivity index (χ2n) is 4.25. The lowest BCUT2D eigenvalue weighted by atomic mass is 9.73. The first kappa shape index (κ1) is 14.5. The molecule has 92 valence electrons. The molecule has 0 aromatic heterocycles. The zero-order chi connectivity index (χ0) is 12.7. The van der Waals surface area contributed by atoms with Crippen LogP contribution in [0.15, 0.2) is 0 Å². The van der Waals surface area contributed by atoms with Crippen LogP contribution in [-0.2, 0) is 0 Å². The van der Waals surface area contributed by atoms with Gasteiger partial charge in [0.2, 0.25) is 0 Å². The second kappa shape index (κ2) is 3.54. The molecule has 0 spiro atoms. The Morgan fingerprint density at radius 1 is 0.867 bits per heavy atom. The largest absolute Gasteiger partial charge is 0.417 e. The summed E-state index contributed by atoms with van der Waals surface area (Å²) >= 11 is 0. The molecule has 1 unspecified atom stereocenters. The first-order valence-electron chi connectivity index (χ1n) is 4.06. The van der Waals surface area contributed by atoms with Crippen LogP contribution in [0.2, 0.25) is 0 Å². The molecular weight excluding hydrogens is 226 g/mol. The maximum atomic E-state index is 12.3. The molecule has 1 atom stereocenters. The SMILES string of the molecule is CC(C)(CC(F)(F)F)C(C)(O)C(F)(F)F. The molecule has 0 aliphatic rings. The minimum absolute atomic E-state index is 0.346. The van der Waals surface area contributed by atoms with Crippen LogP contribution < -0.4 is 0 Å². The maximum absolute atomic E-state index is 12.3. The molecule has 0 aliphatic carbocycles. The first-order chi connectivity index (χ1) is 6.21. The Kier molecular flexibility index (Phi) is 3.43. The number of aliphatic hydroxyl groups is 1. The van der Waals surface area contributed by atoms with Crippen molar-refractivity contribution >= 4 is 0 Å². The van der Waals surface area contributed by atoms with Gasteiger partial charge in [0.15, 0.2) is 5.60 Å². The smallest absolute Gasteiger partial charge is 0.380 e. The van der Waals surface area contributed by atoms with Crippen molar-refractivity contribution in [1.82, 2.24) is 0 Å². The fourth-order valence-electron chi connectivity index (χ4n) is 1.06. The Labute approximate surface area is 83.1 Å². The molecule has 0 radical (unpaired) electrons. The third-order valence-electron chi connectivity index (χ3n) is 2.51. The average Bonchev–Trinajstić information content (AvgIpc) is 1.77. The predicted molar refractivity (Wildman–Crippen MR) is 41.1 cm³/mol. The van der Waals surface area contributed by atoms with Gasteiger partial charge in [-0.15, -0.1) is 0 Å². The lowest BCUT2D eigenvalue weighted by Gasteiger charge is -2.41. The fourth-order valence-corrected chi connectivity index (χ4v) is 1.06. The molecule has 0 aliphatic heterocycles. The van der Waals surface area contributed by atoms with Crippen molar-refractivity contribution in [2.45, 2.75) is 45.1 Å². The first-order valence-corrected chi connectivity index (χ1v) is 4.06. The quantitative estimate of drug-likeness (QED) is 0.732. The standard InChI is InChI=1S/C8H12F6O/c1-5(2,4-7(9,10)11)6(3,15)8(12,13)14/h15H,4H2,1-3H3. The van der Waals surface area contributed by atoms with Crippen LogP contribution in [0.1, 0.15) is 27.2 Å². The van der Waals surface area contributed by atoms with E-state index >= 15 is 0 Å². The van der Waals surface area contributed by atoms with E-state index in [1.54, 1.807) is 0 Å². The molecule has 0 saturated carbocycles. The molecule has 0 fully saturated rings. The van der Waals surface area contributed by atoms with Gasteiger partial charge in [-0.1, -0.05) is 13.8 Å². The Morgan fingerprint density at radius 2 is 1.20 bits per heavy atom. The lowest BCUT2D eigenvalue weighted by molar-refractivity contribution is -0.303. The topological polar surface area (TPSA) is 20.2 Å². The van der Waals surface area contributed by atoms with E-state index in [0.717, 1.165) is 13.8 Å². The molecule has 0 bridgehead atoms. The fraction of sp³-hybridized carbons (Fsp3) is 1.00. The summed E-state index contributed by atoms with van der Waals surface area (Å²) < 4.78 is 72.8. The molecule has 0 aromatic carbocycles. The molecule has 0 saturated heterocycles. The number of hydrogen-bond donors (Lipinski definition) is 1. The van der Waals surface area contributed by atoms with Gasteiger partial charge in [-0.3, -0.25) is 0 Å². The Balaban J connectivity index is 5.03. The highest BCUT2D eigenvalue weighted by molar-refractivity contribution is 4.96. The predicted octanol–water partition coefficient (Wildman–Crippen LogP) is 3.28. The van der Waals surface area contributed by atoms with E-state index in [2.05, 4.69) is 0 Å². The minimum atomic E-state index is -5.10. The van der Waals surface area contributed by atoms with Crippen molar-refractivity contribution in [2.75, 3.05) is 0 Å². The highest BCUT2D eigenvalue weighted by atomic mass is 19.4. The average molecular weight is 238 g/mol. The summed E-state index contributed by atoms with van der Waals surface area (Å²) in [5.74, 6) is 0. The Morgan fingerprint density at radius 3 is 1.40 bits per heavy atom. The normalized spacial score (nSPS) is 18.8. The van der Waals surface area contributed by atoms with Gasteiger partial charge in [0.05, 0.1) is 6.42 Å². The summed E-state index contributed by atoms with van der Waals surface area (Å²) in [4.78, 5) is 0. The molecule has 1 nitrogen and oxygen atoms in total. The van der Waals surface area contributed by atoms with E-state index < -0.39 is 29.8 Å². The molecule has 15 heavy (non-hydrogen) atoms. The summed E-state index contributed by atoms with van der Waals surface area (Å²) in [6.07, 6.45) is -11.5. The Bertz CT molecular complexity index is 224. The number of rotatable bonds is 2. The third kappa shape index (κ3) is 3.25. The maximum Gasteiger partial charge on any atom is 0.417 e. The van der Waals surface area contributed by atoms with Crippen molar-refractivity contribution in [2.24, 2.45) is 5.41 Å². The van der Waals surface area contributed by atoms with Crippen molar-refractivity contribution in [1.29, 1.82) is 0 Å². The van der Waals surface area contributed by atoms with Crippen LogP contribution in [0.5, 0.6) is 0 Å². The van der Waals surface area contributed by atoms with Crippen molar-refractivity contribution in [3.63, 3.8) is 0 Å². The van der Waals surface area contributed by atoms with E-state index in [0.29, 0.717) is 6.92 Å². The monoisotopic (exact) mass is 238 g/mol. The highest BCUT2D eigenvalue weighted by Crippen LogP contribution is 2.48. The van der Waals surface area contributed by atoms with Gasteiger partial charge < -0.3 is 5.11 Å². The Hall–Kier alpha value is -0.460. The summed E-state index contributed by atoms with van der Waals surface area (Å²) in [5.41, 5.74) is -5.71. The number of alkyl halides is 6. The van der Waals surface area contributed by atoms with Gasteiger partial charge in [-0.05, 0) is 6.92 Å². The summed E-state index contributed by atoms with van der Waals surface area (Å²) in [7, 11) is 0. The minimum Gasteiger partial charge on any atom is -0.380 e. The van der Waals surface area contributed by atoms with E-state index in [-0.39, 0.29) is 0 Å². The van der Waals surface area contributed by atoms with Gasteiger partial charge in [-0.2, -0.15) is 26.3 Å².